The van der Waals surface area contributed by atoms with Gasteiger partial charge in [0.25, 0.3) is 0 Å². The van der Waals surface area contributed by atoms with Crippen LogP contribution in [0.1, 0.15) is 21.7 Å². The second-order valence-electron chi connectivity index (χ2n) is 4.90. The van der Waals surface area contributed by atoms with Crippen molar-refractivity contribution < 1.29 is 6.23 Å². The lowest BCUT2D eigenvalue weighted by Gasteiger charge is -2.00. The van der Waals surface area contributed by atoms with Gasteiger partial charge < -0.3 is 0 Å². The van der Waals surface area contributed by atoms with Gasteiger partial charge in [0.05, 0.1) is 5.57 Å². The molecule has 0 heterocycles. The van der Waals surface area contributed by atoms with E-state index in [1.807, 2.05) is 56.4 Å². The van der Waals surface area contributed by atoms with E-state index in [0.717, 1.165) is 28.7 Å². The van der Waals surface area contributed by atoms with E-state index in [0.29, 0.717) is 5.78 Å². The normalized spacial score (nSPS) is 26.8. The van der Waals surface area contributed by atoms with E-state index in [9.17, 15) is 0 Å². The van der Waals surface area contributed by atoms with Gasteiger partial charge in [-0.05, 0) is 42.9 Å². The predicted molar refractivity (Wildman–Crippen MR) is 89.1 cm³/mol. The molecular formula is C20H17O+. The smallest absolute Gasteiger partial charge is 0.274 e. The van der Waals surface area contributed by atoms with Gasteiger partial charge >= 0.3 is 7.21 Å². The molecule has 0 aromatic carbocycles. The van der Waals surface area contributed by atoms with Crippen molar-refractivity contribution in [1.29, 1.82) is 0 Å². The quantitative estimate of drug-likeness (QED) is 0.473. The molecule has 1 heteroatoms. The molecule has 0 aromatic heterocycles. The molecule has 102 valence electrons. The Hall–Kier alpha value is -2.77. The summed E-state index contributed by atoms with van der Waals surface area (Å²) in [6.07, 6.45) is 16.2. The first kappa shape index (κ1) is 13.2. The average molecular weight is 274 g/mol. The Morgan fingerprint density at radius 3 is 2.71 bits per heavy atom. The Balaban J connectivity index is 2.50. The number of hydrogen-bond acceptors (Lipinski definition) is 0. The second-order valence-corrected chi connectivity index (χ2v) is 4.90. The highest BCUT2D eigenvalue weighted by Crippen LogP contribution is 2.17. The highest BCUT2D eigenvalue weighted by molar-refractivity contribution is 6.04. The van der Waals surface area contributed by atoms with Crippen LogP contribution in [-0.4, -0.2) is 10.6 Å². The molecule has 1 N–H and O–H groups in total. The van der Waals surface area contributed by atoms with Crippen molar-refractivity contribution in [3.05, 3.63) is 70.9 Å². The summed E-state index contributed by atoms with van der Waals surface area (Å²) in [6, 6.07) is 0. The lowest BCUT2D eigenvalue weighted by atomic mass is 10.0. The molecule has 0 atom stereocenters. The molecule has 0 saturated carbocycles. The summed E-state index contributed by atoms with van der Waals surface area (Å²) in [5.41, 5.74) is 3.94. The van der Waals surface area contributed by atoms with Crippen LogP contribution >= 0.6 is 0 Å². The highest BCUT2D eigenvalue weighted by Gasteiger charge is 2.08. The van der Waals surface area contributed by atoms with Gasteiger partial charge in [-0.15, -0.1) is 0 Å². The Morgan fingerprint density at radius 1 is 1.05 bits per heavy atom. The van der Waals surface area contributed by atoms with Crippen molar-refractivity contribution in [1.82, 2.24) is 0 Å². The molecule has 2 bridgehead atoms. The lowest BCUT2D eigenvalue weighted by Crippen LogP contribution is -1.96. The molecule has 2 rings (SSSR count). The van der Waals surface area contributed by atoms with E-state index < -0.39 is 0 Å². The van der Waals surface area contributed by atoms with Gasteiger partial charge in [-0.25, -0.2) is 0 Å². The monoisotopic (exact) mass is 274 g/mol. The van der Waals surface area contributed by atoms with Crippen LogP contribution in [0.25, 0.3) is 0 Å². The Morgan fingerprint density at radius 2 is 1.86 bits per heavy atom. The van der Waals surface area contributed by atoms with Crippen molar-refractivity contribution in [2.45, 2.75) is 20.3 Å². The average Bonchev–Trinajstić information content (AvgIpc) is 2.72. The SMILES string of the molecule is [2H][O+]=C1/C=C/C=C(/C)C#CC#CC2=CC=CC=C(/C=C/1C)C2. The van der Waals surface area contributed by atoms with E-state index in [-0.39, 0.29) is 0 Å². The molecule has 0 unspecified atom stereocenters. The molecule has 21 heavy (non-hydrogen) atoms. The van der Waals surface area contributed by atoms with Crippen LogP contribution in [0.5, 0.6) is 0 Å². The molecule has 0 aromatic rings. The van der Waals surface area contributed by atoms with E-state index in [1.165, 1.54) is 0 Å². The Bertz CT molecular complexity index is 788. The Kier molecular flexibility index (Phi) is 4.49. The fraction of sp³-hybridized carbons (Fsp3) is 0.150. The number of rotatable bonds is 0. The molecule has 0 aliphatic heterocycles. The highest BCUT2D eigenvalue weighted by atomic mass is 16.1. The zero-order valence-corrected chi connectivity index (χ0v) is 12.2. The predicted octanol–water partition coefficient (Wildman–Crippen LogP) is 3.81. The van der Waals surface area contributed by atoms with Gasteiger partial charge in [0.2, 0.25) is 0 Å². The number of fused-ring (bicyclic) bond motifs is 2. The molecule has 1 nitrogen and oxygen atoms in total. The largest absolute Gasteiger partial charge is 0.686 e. The molecule has 0 fully saturated rings. The fourth-order valence-electron chi connectivity index (χ4n) is 1.92. The van der Waals surface area contributed by atoms with E-state index >= 15 is 0 Å². The zero-order chi connectivity index (χ0) is 15.8. The summed E-state index contributed by atoms with van der Waals surface area (Å²) in [7, 11) is 0. The third-order valence-electron chi connectivity index (χ3n) is 3.04. The van der Waals surface area contributed by atoms with Gasteiger partial charge in [0, 0.05) is 18.1 Å². The minimum Gasteiger partial charge on any atom is -0.274 e. The standard InChI is InChI=1S/C20H16O/c1-16-8-3-4-10-18-11-5-6-12-19(15-18)14-17(2)20(21)13-7-9-16/h5-7,9,11-14H,15H2,1-2H3/p+1/b13-7+,16-9-,17-14+/i/hD. The minimum atomic E-state index is 0.514. The topological polar surface area (TPSA) is 21.4 Å². The zero-order valence-electron chi connectivity index (χ0n) is 13.2. The van der Waals surface area contributed by atoms with E-state index in [1.54, 1.807) is 6.08 Å². The molecule has 0 spiro atoms. The summed E-state index contributed by atoms with van der Waals surface area (Å²) >= 11 is 0. The molecular weight excluding hydrogens is 256 g/mol. The molecule has 0 amide bonds. The van der Waals surface area contributed by atoms with Crippen molar-refractivity contribution in [3.8, 4) is 23.7 Å². The molecule has 0 radical (unpaired) electrons. The van der Waals surface area contributed by atoms with Crippen molar-refractivity contribution in [3.63, 3.8) is 0 Å². The van der Waals surface area contributed by atoms with Gasteiger partial charge in [0.15, 0.2) is 0 Å². The van der Waals surface area contributed by atoms with Crippen LogP contribution < -0.4 is 0 Å². The van der Waals surface area contributed by atoms with Crippen LogP contribution in [-0.2, 0) is 0 Å². The number of allylic oxidation sites excluding steroid dienone is 12. The minimum absolute atomic E-state index is 0.514. The first-order valence-corrected chi connectivity index (χ1v) is 6.81. The van der Waals surface area contributed by atoms with Gasteiger partial charge in [0.1, 0.15) is 0 Å². The molecule has 0 saturated heterocycles. The van der Waals surface area contributed by atoms with Gasteiger partial charge in [-0.3, -0.25) is 4.80 Å². The number of ketones is 1. The molecule has 2 aliphatic carbocycles. The lowest BCUT2D eigenvalue weighted by molar-refractivity contribution is 0.680. The summed E-state index contributed by atoms with van der Waals surface area (Å²) in [6.45, 7) is 3.85. The van der Waals surface area contributed by atoms with Crippen molar-refractivity contribution in [2.75, 3.05) is 0 Å². The Labute approximate surface area is 127 Å². The number of carbonyl (C=O) groups excluding carboxylic acids is 1. The van der Waals surface area contributed by atoms with Gasteiger partial charge in [-0.1, -0.05) is 48.3 Å². The van der Waals surface area contributed by atoms with E-state index in [2.05, 4.69) is 23.7 Å². The first-order chi connectivity index (χ1) is 10.7. The first-order valence-electron chi connectivity index (χ1n) is 7.22. The summed E-state index contributed by atoms with van der Waals surface area (Å²) in [5.74, 6) is 12.4. The maximum Gasteiger partial charge on any atom is 0.686 e. The number of hydrogen-bond donors (Lipinski definition) is 0. The second kappa shape index (κ2) is 7.13. The fourth-order valence-corrected chi connectivity index (χ4v) is 1.92. The third kappa shape index (κ3) is 4.68. The summed E-state index contributed by atoms with van der Waals surface area (Å²) in [5, 5.41) is 0. The maximum absolute atomic E-state index is 7.22. The van der Waals surface area contributed by atoms with Gasteiger partial charge in [-0.2, -0.15) is 0 Å². The summed E-state index contributed by atoms with van der Waals surface area (Å²) < 4.78 is 7.22. The maximum atomic E-state index is 7.22. The molecule has 2 aliphatic rings. The third-order valence-corrected chi connectivity index (χ3v) is 3.04. The van der Waals surface area contributed by atoms with Crippen molar-refractivity contribution in [2.24, 2.45) is 0 Å². The van der Waals surface area contributed by atoms with Crippen LogP contribution in [0.2, 0.25) is 0 Å². The van der Waals surface area contributed by atoms with Crippen LogP contribution in [0.4, 0.5) is 0 Å². The van der Waals surface area contributed by atoms with Crippen LogP contribution in [0.15, 0.2) is 70.9 Å². The van der Waals surface area contributed by atoms with Crippen LogP contribution in [0.3, 0.4) is 0 Å². The van der Waals surface area contributed by atoms with Crippen molar-refractivity contribution >= 4 is 5.78 Å². The summed E-state index contributed by atoms with van der Waals surface area (Å²) in [4.78, 5) is 4.73. The van der Waals surface area contributed by atoms with Crippen LogP contribution in [0, 0.1) is 23.7 Å². The van der Waals surface area contributed by atoms with E-state index in [4.69, 9.17) is 6.23 Å².